The molecule has 20 heavy (non-hydrogen) atoms. The van der Waals surface area contributed by atoms with Gasteiger partial charge >= 0.3 is 0 Å². The van der Waals surface area contributed by atoms with Crippen molar-refractivity contribution in [1.82, 2.24) is 5.32 Å². The summed E-state index contributed by atoms with van der Waals surface area (Å²) in [5.41, 5.74) is 0.658. The zero-order valence-corrected chi connectivity index (χ0v) is 12.2. The van der Waals surface area contributed by atoms with Crippen molar-refractivity contribution >= 4 is 11.7 Å². The monoisotopic (exact) mass is 277 g/mol. The third-order valence-electron chi connectivity index (χ3n) is 2.77. The van der Waals surface area contributed by atoms with E-state index in [4.69, 9.17) is 4.74 Å². The largest absolute Gasteiger partial charge is 0.379 e. The standard InChI is InChI=1S/C16H23NO3/c1-13(2)20-12-6-11-17-16(19)10-9-15(18)14-7-4-3-5-8-14/h3-5,7-8,13H,6,9-12H2,1-2H3,(H,17,19). The van der Waals surface area contributed by atoms with E-state index in [1.165, 1.54) is 0 Å². The van der Waals surface area contributed by atoms with Crippen molar-refractivity contribution in [3.05, 3.63) is 35.9 Å². The van der Waals surface area contributed by atoms with Gasteiger partial charge in [-0.15, -0.1) is 0 Å². The zero-order chi connectivity index (χ0) is 14.8. The third-order valence-corrected chi connectivity index (χ3v) is 2.77. The van der Waals surface area contributed by atoms with Gasteiger partial charge in [0, 0.05) is 31.6 Å². The molecule has 1 aromatic carbocycles. The summed E-state index contributed by atoms with van der Waals surface area (Å²) in [7, 11) is 0. The van der Waals surface area contributed by atoms with Crippen LogP contribution < -0.4 is 5.32 Å². The van der Waals surface area contributed by atoms with Gasteiger partial charge in [-0.05, 0) is 20.3 Å². The molecular weight excluding hydrogens is 254 g/mol. The highest BCUT2D eigenvalue weighted by Crippen LogP contribution is 2.04. The highest BCUT2D eigenvalue weighted by Gasteiger charge is 2.08. The van der Waals surface area contributed by atoms with Crippen LogP contribution in [0.4, 0.5) is 0 Å². The van der Waals surface area contributed by atoms with Gasteiger partial charge in [-0.2, -0.15) is 0 Å². The number of hydrogen-bond acceptors (Lipinski definition) is 3. The van der Waals surface area contributed by atoms with Crippen LogP contribution in [0.25, 0.3) is 0 Å². The fraction of sp³-hybridized carbons (Fsp3) is 0.500. The Hall–Kier alpha value is -1.68. The molecule has 0 saturated heterocycles. The van der Waals surface area contributed by atoms with Crippen LogP contribution in [0.1, 0.15) is 43.5 Å². The first kappa shape index (κ1) is 16.4. The molecule has 4 nitrogen and oxygen atoms in total. The molecule has 0 fully saturated rings. The Labute approximate surface area is 120 Å². The average Bonchev–Trinajstić information content (AvgIpc) is 2.45. The lowest BCUT2D eigenvalue weighted by atomic mass is 10.1. The van der Waals surface area contributed by atoms with E-state index in [1.807, 2.05) is 32.0 Å². The van der Waals surface area contributed by atoms with Crippen molar-refractivity contribution < 1.29 is 14.3 Å². The lowest BCUT2D eigenvalue weighted by molar-refractivity contribution is -0.121. The molecule has 110 valence electrons. The topological polar surface area (TPSA) is 55.4 Å². The molecule has 0 radical (unpaired) electrons. The number of ketones is 1. The Morgan fingerprint density at radius 1 is 1.15 bits per heavy atom. The predicted octanol–water partition coefficient (Wildman–Crippen LogP) is 2.58. The second-order valence-corrected chi connectivity index (χ2v) is 4.91. The minimum Gasteiger partial charge on any atom is -0.379 e. The van der Waals surface area contributed by atoms with E-state index in [0.717, 1.165) is 6.42 Å². The van der Waals surface area contributed by atoms with E-state index in [-0.39, 0.29) is 30.6 Å². The molecule has 1 amide bonds. The van der Waals surface area contributed by atoms with Crippen LogP contribution in [0.15, 0.2) is 30.3 Å². The number of nitrogens with one attached hydrogen (secondary N) is 1. The molecule has 4 heteroatoms. The summed E-state index contributed by atoms with van der Waals surface area (Å²) in [6, 6.07) is 9.04. The van der Waals surface area contributed by atoms with E-state index in [0.29, 0.717) is 18.7 Å². The van der Waals surface area contributed by atoms with Crippen molar-refractivity contribution in [3.8, 4) is 0 Å². The van der Waals surface area contributed by atoms with Gasteiger partial charge in [0.1, 0.15) is 0 Å². The SMILES string of the molecule is CC(C)OCCCNC(=O)CCC(=O)c1ccccc1. The van der Waals surface area contributed by atoms with E-state index >= 15 is 0 Å². The molecule has 0 aliphatic rings. The highest BCUT2D eigenvalue weighted by molar-refractivity contribution is 5.97. The van der Waals surface area contributed by atoms with Crippen molar-refractivity contribution in [2.45, 2.75) is 39.2 Å². The summed E-state index contributed by atoms with van der Waals surface area (Å²) in [6.07, 6.45) is 1.49. The third kappa shape index (κ3) is 7.04. The number of Topliss-reactive ketones (excluding diaryl/α,β-unsaturated/α-hetero) is 1. The number of ether oxygens (including phenoxy) is 1. The van der Waals surface area contributed by atoms with Gasteiger partial charge in [0.25, 0.3) is 0 Å². The Balaban J connectivity index is 2.12. The molecule has 1 rings (SSSR count). The summed E-state index contributed by atoms with van der Waals surface area (Å²) < 4.78 is 5.37. The zero-order valence-electron chi connectivity index (χ0n) is 12.2. The molecule has 1 N–H and O–H groups in total. The summed E-state index contributed by atoms with van der Waals surface area (Å²) in [4.78, 5) is 23.4. The predicted molar refractivity (Wildman–Crippen MR) is 78.7 cm³/mol. The fourth-order valence-corrected chi connectivity index (χ4v) is 1.70. The van der Waals surface area contributed by atoms with Gasteiger partial charge in [0.05, 0.1) is 6.10 Å². The van der Waals surface area contributed by atoms with Gasteiger partial charge in [-0.1, -0.05) is 30.3 Å². The molecule has 0 heterocycles. The maximum absolute atomic E-state index is 11.8. The number of carbonyl (C=O) groups is 2. The van der Waals surface area contributed by atoms with Crippen LogP contribution in [-0.4, -0.2) is 30.9 Å². The van der Waals surface area contributed by atoms with E-state index in [1.54, 1.807) is 12.1 Å². The molecule has 1 aromatic rings. The van der Waals surface area contributed by atoms with Gasteiger partial charge in [0.15, 0.2) is 5.78 Å². The number of carbonyl (C=O) groups excluding carboxylic acids is 2. The van der Waals surface area contributed by atoms with Gasteiger partial charge < -0.3 is 10.1 Å². The Morgan fingerprint density at radius 2 is 1.85 bits per heavy atom. The van der Waals surface area contributed by atoms with Crippen molar-refractivity contribution in [1.29, 1.82) is 0 Å². The molecular formula is C16H23NO3. The lowest BCUT2D eigenvalue weighted by Crippen LogP contribution is -2.25. The fourth-order valence-electron chi connectivity index (χ4n) is 1.70. The van der Waals surface area contributed by atoms with Crippen LogP contribution in [0.2, 0.25) is 0 Å². The minimum atomic E-state index is -0.0844. The summed E-state index contributed by atoms with van der Waals surface area (Å²) >= 11 is 0. The van der Waals surface area contributed by atoms with E-state index in [2.05, 4.69) is 5.32 Å². The molecule has 0 unspecified atom stereocenters. The molecule has 0 aromatic heterocycles. The van der Waals surface area contributed by atoms with Crippen LogP contribution >= 0.6 is 0 Å². The summed E-state index contributed by atoms with van der Waals surface area (Å²) in [6.45, 7) is 5.19. The van der Waals surface area contributed by atoms with Gasteiger partial charge in [-0.25, -0.2) is 0 Å². The lowest BCUT2D eigenvalue weighted by Gasteiger charge is -2.08. The second kappa shape index (κ2) is 9.26. The summed E-state index contributed by atoms with van der Waals surface area (Å²) in [5.74, 6) is -0.0808. The average molecular weight is 277 g/mol. The number of benzene rings is 1. The van der Waals surface area contributed by atoms with Crippen molar-refractivity contribution in [2.75, 3.05) is 13.2 Å². The molecule has 0 aliphatic heterocycles. The van der Waals surface area contributed by atoms with Crippen LogP contribution in [-0.2, 0) is 9.53 Å². The smallest absolute Gasteiger partial charge is 0.220 e. The van der Waals surface area contributed by atoms with Crippen LogP contribution in [0, 0.1) is 0 Å². The van der Waals surface area contributed by atoms with E-state index < -0.39 is 0 Å². The quantitative estimate of drug-likeness (QED) is 0.557. The molecule has 0 bridgehead atoms. The first-order valence-electron chi connectivity index (χ1n) is 7.06. The maximum Gasteiger partial charge on any atom is 0.220 e. The van der Waals surface area contributed by atoms with Crippen molar-refractivity contribution in [2.24, 2.45) is 0 Å². The molecule has 0 atom stereocenters. The van der Waals surface area contributed by atoms with Crippen LogP contribution in [0.5, 0.6) is 0 Å². The van der Waals surface area contributed by atoms with E-state index in [9.17, 15) is 9.59 Å². The Morgan fingerprint density at radius 3 is 2.50 bits per heavy atom. The van der Waals surface area contributed by atoms with Gasteiger partial charge in [-0.3, -0.25) is 9.59 Å². The first-order chi connectivity index (χ1) is 9.59. The Kier molecular flexibility index (Phi) is 7.58. The Bertz CT molecular complexity index is 415. The molecule has 0 saturated carbocycles. The molecule has 0 spiro atoms. The minimum absolute atomic E-state index is 0.00360. The number of amides is 1. The highest BCUT2D eigenvalue weighted by atomic mass is 16.5. The first-order valence-corrected chi connectivity index (χ1v) is 7.06. The normalized spacial score (nSPS) is 10.6. The maximum atomic E-state index is 11.8. The number of hydrogen-bond donors (Lipinski definition) is 1. The number of rotatable bonds is 9. The van der Waals surface area contributed by atoms with Crippen molar-refractivity contribution in [3.63, 3.8) is 0 Å². The molecule has 0 aliphatic carbocycles. The summed E-state index contributed by atoms with van der Waals surface area (Å²) in [5, 5.41) is 2.79. The van der Waals surface area contributed by atoms with Crippen LogP contribution in [0.3, 0.4) is 0 Å². The van der Waals surface area contributed by atoms with Gasteiger partial charge in [0.2, 0.25) is 5.91 Å². The second-order valence-electron chi connectivity index (χ2n) is 4.91.